The van der Waals surface area contributed by atoms with Crippen molar-refractivity contribution in [3.63, 3.8) is 0 Å². The maximum absolute atomic E-state index is 12.1. The lowest BCUT2D eigenvalue weighted by atomic mass is 10.2. The van der Waals surface area contributed by atoms with E-state index in [2.05, 4.69) is 14.5 Å². The number of nitrogens with zero attached hydrogens (tertiary/aromatic N) is 2. The van der Waals surface area contributed by atoms with Gasteiger partial charge in [0.25, 0.3) is 5.56 Å². The van der Waals surface area contributed by atoms with E-state index in [1.165, 1.54) is 0 Å². The van der Waals surface area contributed by atoms with Crippen LogP contribution >= 0.6 is 53.0 Å². The van der Waals surface area contributed by atoms with Crippen LogP contribution in [0.1, 0.15) is 12.6 Å². The Balaban J connectivity index is 1.97. The molecular weight excluding hydrogens is 585 g/mol. The van der Waals surface area contributed by atoms with Crippen LogP contribution in [0.4, 0.5) is 5.95 Å². The molecule has 2 aromatic rings. The predicted octanol–water partition coefficient (Wildman–Crippen LogP) is 0.274. The Morgan fingerprint density at radius 1 is 1.48 bits per heavy atom. The van der Waals surface area contributed by atoms with E-state index in [0.717, 1.165) is 0 Å². The van der Waals surface area contributed by atoms with Gasteiger partial charge in [0.1, 0.15) is 12.3 Å². The van der Waals surface area contributed by atoms with E-state index in [9.17, 15) is 14.5 Å². The highest BCUT2D eigenvalue weighted by atomic mass is 127. The smallest absolute Gasteiger partial charge is 0.390 e. The molecule has 0 aromatic carbocycles. The van der Waals surface area contributed by atoms with E-state index in [0.29, 0.717) is 18.3 Å². The zero-order valence-electron chi connectivity index (χ0n) is 12.3. The minimum Gasteiger partial charge on any atom is -0.390 e. The third-order valence-electron chi connectivity index (χ3n) is 3.66. The van der Waals surface area contributed by atoms with Crippen LogP contribution in [0, 0.1) is 7.27 Å². The molecular formula is C11H13I2N4O7P. The summed E-state index contributed by atoms with van der Waals surface area (Å²) in [5, 5.41) is 10.5. The number of halogens is 2. The SMILES string of the molecule is Nc1nc2c(c(I)c(I)n2[C@H]2C[C@H](O)[C@@H](COP(=O)(O)O)O2)c(=O)[nH]1. The number of nitrogens with two attached hydrogens (primary N) is 1. The van der Waals surface area contributed by atoms with Crippen molar-refractivity contribution < 1.29 is 28.7 Å². The zero-order chi connectivity index (χ0) is 18.5. The predicted molar refractivity (Wildman–Crippen MR) is 103 cm³/mol. The fourth-order valence-corrected chi connectivity index (χ4v) is 4.50. The highest BCUT2D eigenvalue weighted by Gasteiger charge is 2.38. The number of H-pyrrole nitrogens is 1. The average molecular weight is 598 g/mol. The zero-order valence-corrected chi connectivity index (χ0v) is 17.5. The van der Waals surface area contributed by atoms with Crippen molar-refractivity contribution in [1.29, 1.82) is 0 Å². The van der Waals surface area contributed by atoms with Gasteiger partial charge in [0.05, 0.1) is 25.4 Å². The normalized spacial score (nSPS) is 24.3. The summed E-state index contributed by atoms with van der Waals surface area (Å²) in [5.74, 6) is -0.0519. The van der Waals surface area contributed by atoms with Crippen LogP contribution in [0.15, 0.2) is 4.79 Å². The Kier molecular flexibility index (Phi) is 5.47. The number of aliphatic hydroxyl groups is 1. The van der Waals surface area contributed by atoms with E-state index >= 15 is 0 Å². The molecule has 1 aliphatic heterocycles. The summed E-state index contributed by atoms with van der Waals surface area (Å²) in [5.41, 5.74) is 5.54. The van der Waals surface area contributed by atoms with Crippen molar-refractivity contribution in [2.24, 2.45) is 0 Å². The number of aromatic amines is 1. The van der Waals surface area contributed by atoms with Gasteiger partial charge < -0.3 is 25.4 Å². The van der Waals surface area contributed by atoms with E-state index in [1.807, 2.05) is 45.2 Å². The fourth-order valence-electron chi connectivity index (χ4n) is 2.61. The van der Waals surface area contributed by atoms with Crippen LogP contribution in [0.3, 0.4) is 0 Å². The molecule has 3 atom stereocenters. The lowest BCUT2D eigenvalue weighted by Gasteiger charge is -2.17. The first-order chi connectivity index (χ1) is 11.6. The average Bonchev–Trinajstić information content (AvgIpc) is 2.95. The second-order valence-corrected chi connectivity index (χ2v) is 8.68. The fraction of sp³-hybridized carbons (Fsp3) is 0.455. The summed E-state index contributed by atoms with van der Waals surface area (Å²) < 4.78 is 23.9. The van der Waals surface area contributed by atoms with Gasteiger partial charge in [-0.05, 0) is 45.2 Å². The Morgan fingerprint density at radius 3 is 2.80 bits per heavy atom. The van der Waals surface area contributed by atoms with E-state index in [4.69, 9.17) is 20.3 Å². The van der Waals surface area contributed by atoms with E-state index in [-0.39, 0.29) is 17.9 Å². The monoisotopic (exact) mass is 598 g/mol. The highest BCUT2D eigenvalue weighted by Crippen LogP contribution is 2.40. The summed E-state index contributed by atoms with van der Waals surface area (Å²) in [6, 6.07) is 0. The van der Waals surface area contributed by atoms with Gasteiger partial charge in [-0.2, -0.15) is 4.98 Å². The number of ether oxygens (including phenoxy) is 1. The maximum atomic E-state index is 12.1. The Morgan fingerprint density at radius 2 is 2.16 bits per heavy atom. The quantitative estimate of drug-likeness (QED) is 0.245. The van der Waals surface area contributed by atoms with E-state index in [1.54, 1.807) is 4.57 Å². The molecule has 138 valence electrons. The van der Waals surface area contributed by atoms with Crippen molar-refractivity contribution in [1.82, 2.24) is 14.5 Å². The minimum absolute atomic E-state index is 0.0519. The Hall–Kier alpha value is -0.290. The first-order valence-electron chi connectivity index (χ1n) is 6.86. The highest BCUT2D eigenvalue weighted by molar-refractivity contribution is 14.1. The summed E-state index contributed by atoms with van der Waals surface area (Å²) in [7, 11) is -4.67. The van der Waals surface area contributed by atoms with Crippen LogP contribution in [0.5, 0.6) is 0 Å². The van der Waals surface area contributed by atoms with Crippen LogP contribution in [0.25, 0.3) is 11.0 Å². The molecule has 0 radical (unpaired) electrons. The lowest BCUT2D eigenvalue weighted by Crippen LogP contribution is -2.26. The number of rotatable bonds is 4. The molecule has 3 heterocycles. The number of hydrogen-bond donors (Lipinski definition) is 5. The lowest BCUT2D eigenvalue weighted by molar-refractivity contribution is -0.0430. The van der Waals surface area contributed by atoms with Crippen LogP contribution < -0.4 is 11.3 Å². The van der Waals surface area contributed by atoms with Crippen LogP contribution in [0.2, 0.25) is 0 Å². The molecule has 14 heteroatoms. The molecule has 1 fully saturated rings. The number of nitrogen functional groups attached to an aromatic ring is 1. The van der Waals surface area contributed by atoms with Crippen molar-refractivity contribution in [3.05, 3.63) is 17.6 Å². The topological polar surface area (TPSA) is 173 Å². The van der Waals surface area contributed by atoms with Gasteiger partial charge >= 0.3 is 7.82 Å². The molecule has 11 nitrogen and oxygen atoms in total. The van der Waals surface area contributed by atoms with Crippen molar-refractivity contribution in [3.8, 4) is 0 Å². The number of aliphatic hydroxyl groups excluding tert-OH is 1. The van der Waals surface area contributed by atoms with Crippen LogP contribution in [-0.2, 0) is 13.8 Å². The van der Waals surface area contributed by atoms with Gasteiger partial charge in [-0.25, -0.2) is 4.57 Å². The molecule has 0 aliphatic carbocycles. The Labute approximate surface area is 167 Å². The van der Waals surface area contributed by atoms with Crippen molar-refractivity contribution >= 4 is 70.0 Å². The largest absolute Gasteiger partial charge is 0.469 e. The molecule has 0 amide bonds. The molecule has 1 saturated heterocycles. The van der Waals surface area contributed by atoms with Gasteiger partial charge in [-0.1, -0.05) is 0 Å². The number of hydrogen-bond acceptors (Lipinski definition) is 7. The number of aromatic nitrogens is 3. The van der Waals surface area contributed by atoms with Gasteiger partial charge in [0, 0.05) is 6.42 Å². The van der Waals surface area contributed by atoms with Crippen molar-refractivity contribution in [2.45, 2.75) is 24.9 Å². The summed E-state index contributed by atoms with van der Waals surface area (Å²) >= 11 is 4.04. The van der Waals surface area contributed by atoms with Gasteiger partial charge in [-0.15, -0.1) is 0 Å². The van der Waals surface area contributed by atoms with Crippen LogP contribution in [-0.4, -0.2) is 48.2 Å². The molecule has 3 rings (SSSR count). The molecule has 0 unspecified atom stereocenters. The maximum Gasteiger partial charge on any atom is 0.469 e. The first kappa shape index (κ1) is 19.5. The van der Waals surface area contributed by atoms with Gasteiger partial charge in [0.15, 0.2) is 5.65 Å². The molecule has 25 heavy (non-hydrogen) atoms. The van der Waals surface area contributed by atoms with Gasteiger partial charge in [-0.3, -0.25) is 18.9 Å². The molecule has 6 N–H and O–H groups in total. The van der Waals surface area contributed by atoms with Crippen molar-refractivity contribution in [2.75, 3.05) is 12.3 Å². The van der Waals surface area contributed by atoms with E-state index < -0.39 is 32.9 Å². The standard InChI is InChI=1S/C11H13I2N4O7P/c12-7-6-9(15-11(14)16-10(6)19)17(8(7)13)5-1-3(18)4(24-5)2-23-25(20,21)22/h3-5,18H,1-2H2,(H2,20,21,22)(H3,14,15,16,19)/t3-,4+,5+/m0/s1. The molecule has 0 spiro atoms. The Bertz CT molecular complexity index is 925. The number of phosphoric ester groups is 1. The molecule has 0 bridgehead atoms. The minimum atomic E-state index is -4.67. The first-order valence-corrected chi connectivity index (χ1v) is 10.6. The second kappa shape index (κ2) is 7.03. The number of fused-ring (bicyclic) bond motifs is 1. The molecule has 0 saturated carbocycles. The summed E-state index contributed by atoms with van der Waals surface area (Å²) in [6.07, 6.45) is -2.48. The third-order valence-corrected chi connectivity index (χ3v) is 7.28. The number of anilines is 1. The third kappa shape index (κ3) is 3.87. The summed E-state index contributed by atoms with van der Waals surface area (Å²) in [4.78, 5) is 36.3. The molecule has 1 aliphatic rings. The van der Waals surface area contributed by atoms with Gasteiger partial charge in [0.2, 0.25) is 5.95 Å². The number of phosphoric acid groups is 1. The summed E-state index contributed by atoms with van der Waals surface area (Å²) in [6.45, 7) is -0.467. The molecule has 2 aromatic heterocycles. The number of nitrogens with one attached hydrogen (secondary N) is 1. The second-order valence-electron chi connectivity index (χ2n) is 5.34.